The van der Waals surface area contributed by atoms with Gasteiger partial charge in [0.05, 0.1) is 17.5 Å². The first kappa shape index (κ1) is 27.7. The van der Waals surface area contributed by atoms with Crippen molar-refractivity contribution < 1.29 is 23.5 Å². The van der Waals surface area contributed by atoms with Gasteiger partial charge in [-0.05, 0) is 56.3 Å². The Kier molecular flexibility index (Phi) is 7.07. The zero-order valence-electron chi connectivity index (χ0n) is 23.7. The lowest BCUT2D eigenvalue weighted by Gasteiger charge is -2.31. The molecule has 1 aromatic heterocycles. The fourth-order valence-electron chi connectivity index (χ4n) is 7.09. The highest BCUT2D eigenvalue weighted by atomic mass is 28.4. The van der Waals surface area contributed by atoms with Crippen molar-refractivity contribution in [3.05, 3.63) is 66.0 Å². The molecule has 4 atom stereocenters. The minimum Gasteiger partial charge on any atom is -0.396 e. The van der Waals surface area contributed by atoms with Gasteiger partial charge in [0.1, 0.15) is 0 Å². The molecule has 11 heteroatoms. The largest absolute Gasteiger partial charge is 0.396 e. The van der Waals surface area contributed by atoms with Crippen molar-refractivity contribution in [1.82, 2.24) is 15.0 Å². The Bertz CT molecular complexity index is 1460. The van der Waals surface area contributed by atoms with Crippen molar-refractivity contribution in [2.75, 3.05) is 23.0 Å². The van der Waals surface area contributed by atoms with Gasteiger partial charge in [0.25, 0.3) is 5.91 Å². The normalized spacial score (nSPS) is 26.0. The van der Waals surface area contributed by atoms with Crippen LogP contribution in [0.5, 0.6) is 0 Å². The SMILES string of the molecule is C[C@@H]1[C@@H]([Si](C)(C)F)[C@H](CCn2cc(CCO)nn2)O[C@@]12C(=O)N(c1ccccc1)c1ccc(N3CCCC3=O)cc12. The quantitative estimate of drug-likeness (QED) is 0.313. The molecule has 9 nitrogen and oxygen atoms in total. The fraction of sp³-hybridized carbons (Fsp3) is 0.467. The Morgan fingerprint density at radius 2 is 1.93 bits per heavy atom. The third-order valence-electron chi connectivity index (χ3n) is 8.85. The molecule has 1 spiro atoms. The van der Waals surface area contributed by atoms with Gasteiger partial charge in [-0.25, -0.2) is 0 Å². The monoisotopic (exact) mass is 577 g/mol. The van der Waals surface area contributed by atoms with Crippen molar-refractivity contribution >= 4 is 37.3 Å². The minimum absolute atomic E-state index is 0.0153. The highest BCUT2D eigenvalue weighted by Crippen LogP contribution is 2.61. The number of hydrogen-bond acceptors (Lipinski definition) is 6. The summed E-state index contributed by atoms with van der Waals surface area (Å²) in [6, 6.07) is 15.1. The lowest BCUT2D eigenvalue weighted by Crippen LogP contribution is -2.44. The summed E-state index contributed by atoms with van der Waals surface area (Å²) in [7, 11) is -3.33. The summed E-state index contributed by atoms with van der Waals surface area (Å²) in [5.41, 5.74) is 1.68. The summed E-state index contributed by atoms with van der Waals surface area (Å²) in [5, 5.41) is 17.5. The number of anilines is 3. The summed E-state index contributed by atoms with van der Waals surface area (Å²) < 4.78 is 24.7. The van der Waals surface area contributed by atoms with E-state index in [0.29, 0.717) is 55.0 Å². The number of aliphatic hydroxyl groups excluding tert-OH is 1. The second-order valence-electron chi connectivity index (χ2n) is 11.8. The van der Waals surface area contributed by atoms with Crippen LogP contribution in [-0.2, 0) is 32.9 Å². The number of amides is 2. The van der Waals surface area contributed by atoms with Gasteiger partial charge in [-0.15, -0.1) is 5.10 Å². The number of benzene rings is 2. The molecule has 3 aromatic rings. The average Bonchev–Trinajstić information content (AvgIpc) is 3.70. The van der Waals surface area contributed by atoms with E-state index in [1.165, 1.54) is 0 Å². The van der Waals surface area contributed by atoms with Crippen LogP contribution in [0, 0.1) is 5.92 Å². The number of aryl methyl sites for hydroxylation is 1. The van der Waals surface area contributed by atoms with Gasteiger partial charge in [0.2, 0.25) is 14.3 Å². The topological polar surface area (TPSA) is 101 Å². The number of ether oxygens (including phenoxy) is 1. The Balaban J connectivity index is 1.43. The molecule has 0 saturated carbocycles. The van der Waals surface area contributed by atoms with E-state index in [1.54, 1.807) is 33.8 Å². The first-order valence-electron chi connectivity index (χ1n) is 14.4. The van der Waals surface area contributed by atoms with Crippen molar-refractivity contribution in [2.24, 2.45) is 5.92 Å². The van der Waals surface area contributed by atoms with Crippen LogP contribution in [0.15, 0.2) is 54.7 Å². The van der Waals surface area contributed by atoms with Crippen molar-refractivity contribution in [3.63, 3.8) is 0 Å². The summed E-state index contributed by atoms with van der Waals surface area (Å²) in [4.78, 5) is 30.7. The van der Waals surface area contributed by atoms with Gasteiger partial charge in [-0.2, -0.15) is 0 Å². The van der Waals surface area contributed by atoms with Gasteiger partial charge < -0.3 is 18.9 Å². The van der Waals surface area contributed by atoms with Gasteiger partial charge >= 0.3 is 0 Å². The van der Waals surface area contributed by atoms with Crippen molar-refractivity contribution in [2.45, 2.75) is 69.5 Å². The van der Waals surface area contributed by atoms with Crippen molar-refractivity contribution in [1.29, 1.82) is 0 Å². The van der Waals surface area contributed by atoms with Crippen LogP contribution in [0.4, 0.5) is 21.2 Å². The zero-order valence-corrected chi connectivity index (χ0v) is 24.7. The number of rotatable bonds is 8. The predicted octanol–water partition coefficient (Wildman–Crippen LogP) is 4.48. The molecule has 2 amide bonds. The Labute approximate surface area is 240 Å². The number of carbonyl (C=O) groups excluding carboxylic acids is 2. The Morgan fingerprint density at radius 3 is 2.61 bits per heavy atom. The number of aliphatic hydroxyl groups is 1. The summed E-state index contributed by atoms with van der Waals surface area (Å²) in [5.74, 6) is -0.609. The van der Waals surface area contributed by atoms with Crippen molar-refractivity contribution in [3.8, 4) is 0 Å². The number of aromatic nitrogens is 3. The molecular formula is C30H36FN5O4Si. The molecule has 0 aliphatic carbocycles. The third-order valence-corrected chi connectivity index (χ3v) is 11.3. The summed E-state index contributed by atoms with van der Waals surface area (Å²) in [6.07, 6.45) is 3.42. The minimum atomic E-state index is -3.33. The maximum absolute atomic E-state index is 16.2. The van der Waals surface area contributed by atoms with Gasteiger partial charge in [0, 0.05) is 67.1 Å². The second-order valence-corrected chi connectivity index (χ2v) is 15.6. The summed E-state index contributed by atoms with van der Waals surface area (Å²) >= 11 is 0. The summed E-state index contributed by atoms with van der Waals surface area (Å²) in [6.45, 7) is 6.37. The first-order valence-corrected chi connectivity index (χ1v) is 17.3. The van der Waals surface area contributed by atoms with E-state index in [9.17, 15) is 14.7 Å². The Morgan fingerprint density at radius 1 is 1.15 bits per heavy atom. The van der Waals surface area contributed by atoms with Crippen LogP contribution in [0.1, 0.15) is 37.4 Å². The molecule has 2 fully saturated rings. The number of hydrogen-bond donors (Lipinski definition) is 1. The number of nitrogens with zero attached hydrogens (tertiary/aromatic N) is 5. The number of para-hydroxylation sites is 1. The van der Waals surface area contributed by atoms with Gasteiger partial charge in [0.15, 0.2) is 5.60 Å². The van der Waals surface area contributed by atoms with E-state index in [1.807, 2.05) is 55.5 Å². The number of carbonyl (C=O) groups is 2. The number of fused-ring (bicyclic) bond motifs is 2. The maximum atomic E-state index is 16.2. The highest BCUT2D eigenvalue weighted by molar-refractivity contribution is 6.72. The smallest absolute Gasteiger partial charge is 0.268 e. The standard InChI is InChI=1S/C30H36FN5O4Si/c1-20-28(41(2,3)31)26(13-16-34-19-21(14-17-37)32-33-34)40-30(20)24-18-23(35-15-7-10-27(35)38)11-12-25(24)36(29(30)39)22-8-5-4-6-9-22/h4-6,8-9,11-12,18-20,26,28,37H,7,10,13-17H2,1-3H3/t20-,26+,28-,30+/m1/s1. The molecule has 216 valence electrons. The lowest BCUT2D eigenvalue weighted by molar-refractivity contribution is -0.145. The zero-order chi connectivity index (χ0) is 28.9. The van der Waals surface area contributed by atoms with Crippen LogP contribution >= 0.6 is 0 Å². The first-order chi connectivity index (χ1) is 19.6. The molecule has 3 aliphatic heterocycles. The van der Waals surface area contributed by atoms with Crippen LogP contribution in [0.2, 0.25) is 18.6 Å². The van der Waals surface area contributed by atoms with Gasteiger partial charge in [-0.3, -0.25) is 19.2 Å². The van der Waals surface area contributed by atoms with E-state index in [-0.39, 0.29) is 18.4 Å². The molecule has 6 rings (SSSR count). The molecule has 41 heavy (non-hydrogen) atoms. The maximum Gasteiger partial charge on any atom is 0.268 e. The Hall–Kier alpha value is -3.41. The third kappa shape index (κ3) is 4.60. The second kappa shape index (κ2) is 10.5. The van der Waals surface area contributed by atoms with E-state index < -0.39 is 31.6 Å². The molecule has 3 aliphatic rings. The molecule has 4 heterocycles. The van der Waals surface area contributed by atoms with Crippen LogP contribution < -0.4 is 9.80 Å². The molecule has 0 unspecified atom stereocenters. The molecule has 2 aromatic carbocycles. The molecule has 2 saturated heterocycles. The van der Waals surface area contributed by atoms with E-state index in [2.05, 4.69) is 10.3 Å². The lowest BCUT2D eigenvalue weighted by atomic mass is 9.82. The van der Waals surface area contributed by atoms with E-state index in [0.717, 1.165) is 12.1 Å². The van der Waals surface area contributed by atoms with Crippen LogP contribution in [0.3, 0.4) is 0 Å². The molecule has 0 radical (unpaired) electrons. The molecule has 1 N–H and O–H groups in total. The highest BCUT2D eigenvalue weighted by Gasteiger charge is 2.67. The molecular weight excluding hydrogens is 541 g/mol. The predicted molar refractivity (Wildman–Crippen MR) is 155 cm³/mol. The van der Waals surface area contributed by atoms with Crippen LogP contribution in [-0.4, -0.2) is 59.6 Å². The number of halogens is 1. The van der Waals surface area contributed by atoms with Crippen LogP contribution in [0.25, 0.3) is 0 Å². The average molecular weight is 578 g/mol. The fourth-order valence-corrected chi connectivity index (χ4v) is 9.63. The molecule has 0 bridgehead atoms. The van der Waals surface area contributed by atoms with E-state index >= 15 is 4.11 Å². The van der Waals surface area contributed by atoms with Gasteiger partial charge in [-0.1, -0.05) is 30.3 Å². The van der Waals surface area contributed by atoms with E-state index in [4.69, 9.17) is 4.74 Å².